The second kappa shape index (κ2) is 10.7. The molecular weight excluding hydrogens is 432 g/mol. The van der Waals surface area contributed by atoms with E-state index in [4.69, 9.17) is 4.74 Å². The lowest BCUT2D eigenvalue weighted by molar-refractivity contribution is 0.0345. The normalized spacial score (nSPS) is 15.0. The molecule has 0 bridgehead atoms. The molecule has 0 saturated carbocycles. The highest BCUT2D eigenvalue weighted by Crippen LogP contribution is 2.34. The number of aryl methyl sites for hydroxylation is 5. The quantitative estimate of drug-likeness (QED) is 0.389. The molecule has 1 aliphatic rings. The molecule has 35 heavy (non-hydrogen) atoms. The number of benzene rings is 3. The Labute approximate surface area is 210 Å². The van der Waals surface area contributed by atoms with Gasteiger partial charge in [-0.2, -0.15) is 0 Å². The number of rotatable bonds is 7. The van der Waals surface area contributed by atoms with Gasteiger partial charge >= 0.3 is 0 Å². The summed E-state index contributed by atoms with van der Waals surface area (Å²) in [6.45, 7) is 11.9. The van der Waals surface area contributed by atoms with Crippen molar-refractivity contribution in [1.29, 1.82) is 0 Å². The van der Waals surface area contributed by atoms with Gasteiger partial charge in [0.25, 0.3) is 5.91 Å². The lowest BCUT2D eigenvalue weighted by atomic mass is 9.81. The molecule has 0 spiro atoms. The van der Waals surface area contributed by atoms with Crippen LogP contribution in [0.2, 0.25) is 0 Å². The lowest BCUT2D eigenvalue weighted by Gasteiger charge is -2.39. The van der Waals surface area contributed by atoms with Crippen LogP contribution in [0.15, 0.2) is 54.6 Å². The van der Waals surface area contributed by atoms with Crippen LogP contribution >= 0.6 is 0 Å². The van der Waals surface area contributed by atoms with E-state index in [2.05, 4.69) is 93.8 Å². The van der Waals surface area contributed by atoms with Gasteiger partial charge < -0.3 is 15.4 Å². The molecule has 4 nitrogen and oxygen atoms in total. The molecule has 1 aliphatic heterocycles. The average molecular weight is 471 g/mol. The van der Waals surface area contributed by atoms with E-state index in [0.717, 1.165) is 48.2 Å². The van der Waals surface area contributed by atoms with Crippen LogP contribution in [0.4, 0.5) is 11.4 Å². The number of hydrogen-bond acceptors (Lipinski definition) is 3. The number of ether oxygens (including phenoxy) is 1. The van der Waals surface area contributed by atoms with Gasteiger partial charge in [-0.05, 0) is 93.5 Å². The van der Waals surface area contributed by atoms with Gasteiger partial charge in [0.05, 0.1) is 5.54 Å². The van der Waals surface area contributed by atoms with Crippen LogP contribution < -0.4 is 10.6 Å². The first-order valence-electron chi connectivity index (χ1n) is 12.8. The Morgan fingerprint density at radius 3 is 2.03 bits per heavy atom. The molecule has 3 aromatic carbocycles. The molecule has 0 radical (unpaired) electrons. The summed E-state index contributed by atoms with van der Waals surface area (Å²) in [4.78, 5) is 13.9. The third-order valence-electron chi connectivity index (χ3n) is 6.86. The summed E-state index contributed by atoms with van der Waals surface area (Å²) in [5.41, 5.74) is 9.39. The molecule has 4 heteroatoms. The Morgan fingerprint density at radius 1 is 0.829 bits per heavy atom. The zero-order valence-electron chi connectivity index (χ0n) is 21.8. The van der Waals surface area contributed by atoms with E-state index in [1.165, 1.54) is 27.8 Å². The molecule has 0 atom stereocenters. The first-order valence-corrected chi connectivity index (χ1v) is 12.8. The fourth-order valence-electron chi connectivity index (χ4n) is 5.31. The second-order valence-corrected chi connectivity index (χ2v) is 10.1. The number of hydrogen-bond donors (Lipinski definition) is 2. The molecule has 1 saturated heterocycles. The Hall–Kier alpha value is -3.11. The third-order valence-corrected chi connectivity index (χ3v) is 6.86. The van der Waals surface area contributed by atoms with Crippen molar-refractivity contribution in [3.05, 3.63) is 93.5 Å². The lowest BCUT2D eigenvalue weighted by Crippen LogP contribution is -2.49. The standard InChI is InChI=1S/C31H38N2O2/c1-6-7-25-8-9-27(32-28-18-23(4)15-24(5)19-28)20-29(25)30(34)33-31(10-12-35-13-11-31)26-16-21(2)14-22(3)17-26/h8-9,14-20,32H,6-7,10-13H2,1-5H3,(H,33,34). The summed E-state index contributed by atoms with van der Waals surface area (Å²) >= 11 is 0. The third kappa shape index (κ3) is 5.94. The highest BCUT2D eigenvalue weighted by atomic mass is 16.5. The van der Waals surface area contributed by atoms with Gasteiger partial charge in [0, 0.05) is 30.2 Å². The summed E-state index contributed by atoms with van der Waals surface area (Å²) < 4.78 is 5.70. The van der Waals surface area contributed by atoms with Crippen molar-refractivity contribution >= 4 is 17.3 Å². The maximum atomic E-state index is 13.9. The van der Waals surface area contributed by atoms with Gasteiger partial charge in [-0.1, -0.05) is 54.8 Å². The van der Waals surface area contributed by atoms with Crippen LogP contribution in [0.1, 0.15) is 69.9 Å². The molecule has 1 fully saturated rings. The van der Waals surface area contributed by atoms with Crippen LogP contribution in [0.5, 0.6) is 0 Å². The van der Waals surface area contributed by atoms with Crippen LogP contribution in [0.25, 0.3) is 0 Å². The van der Waals surface area contributed by atoms with Gasteiger partial charge in [0.2, 0.25) is 0 Å². The van der Waals surface area contributed by atoms with Crippen molar-refractivity contribution in [2.24, 2.45) is 0 Å². The zero-order valence-corrected chi connectivity index (χ0v) is 21.8. The van der Waals surface area contributed by atoms with Crippen molar-refractivity contribution in [2.45, 2.75) is 65.8 Å². The average Bonchev–Trinajstić information content (AvgIpc) is 2.79. The van der Waals surface area contributed by atoms with Crippen LogP contribution in [0.3, 0.4) is 0 Å². The number of anilines is 2. The number of carbonyl (C=O) groups is 1. The molecule has 184 valence electrons. The maximum Gasteiger partial charge on any atom is 0.252 e. The molecule has 1 heterocycles. The van der Waals surface area contributed by atoms with Gasteiger partial charge in [0.15, 0.2) is 0 Å². The van der Waals surface area contributed by atoms with Gasteiger partial charge in [-0.3, -0.25) is 4.79 Å². The van der Waals surface area contributed by atoms with E-state index >= 15 is 0 Å². The van der Waals surface area contributed by atoms with E-state index < -0.39 is 5.54 Å². The van der Waals surface area contributed by atoms with E-state index in [-0.39, 0.29) is 5.91 Å². The number of nitrogens with one attached hydrogen (secondary N) is 2. The fraction of sp³-hybridized carbons (Fsp3) is 0.387. The molecule has 0 aromatic heterocycles. The summed E-state index contributed by atoms with van der Waals surface area (Å²) in [7, 11) is 0. The zero-order chi connectivity index (χ0) is 25.0. The van der Waals surface area contributed by atoms with E-state index in [1.807, 2.05) is 6.07 Å². The van der Waals surface area contributed by atoms with Crippen molar-refractivity contribution in [3.63, 3.8) is 0 Å². The molecular formula is C31H38N2O2. The predicted molar refractivity (Wildman–Crippen MR) is 145 cm³/mol. The highest BCUT2D eigenvalue weighted by molar-refractivity contribution is 5.97. The summed E-state index contributed by atoms with van der Waals surface area (Å²) in [6, 6.07) is 19.2. The Morgan fingerprint density at radius 2 is 1.43 bits per heavy atom. The minimum absolute atomic E-state index is 0.0152. The topological polar surface area (TPSA) is 50.4 Å². The SMILES string of the molecule is CCCc1ccc(Nc2cc(C)cc(C)c2)cc1C(=O)NC1(c2cc(C)cc(C)c2)CCOCC1. The molecule has 2 N–H and O–H groups in total. The Kier molecular flexibility index (Phi) is 7.61. The number of carbonyl (C=O) groups excluding carboxylic acids is 1. The van der Waals surface area contributed by atoms with Gasteiger partial charge in [-0.25, -0.2) is 0 Å². The fourth-order valence-corrected chi connectivity index (χ4v) is 5.31. The van der Waals surface area contributed by atoms with Crippen molar-refractivity contribution in [2.75, 3.05) is 18.5 Å². The minimum atomic E-state index is -0.424. The van der Waals surface area contributed by atoms with Crippen LogP contribution in [-0.4, -0.2) is 19.1 Å². The van der Waals surface area contributed by atoms with Gasteiger partial charge in [-0.15, -0.1) is 0 Å². The smallest absolute Gasteiger partial charge is 0.252 e. The van der Waals surface area contributed by atoms with E-state index in [1.54, 1.807) is 0 Å². The molecule has 4 rings (SSSR count). The monoisotopic (exact) mass is 470 g/mol. The molecule has 0 unspecified atom stereocenters. The highest BCUT2D eigenvalue weighted by Gasteiger charge is 2.37. The second-order valence-electron chi connectivity index (χ2n) is 10.1. The largest absolute Gasteiger partial charge is 0.381 e. The number of amides is 1. The molecule has 1 amide bonds. The van der Waals surface area contributed by atoms with E-state index in [0.29, 0.717) is 13.2 Å². The molecule has 3 aromatic rings. The summed E-state index contributed by atoms with van der Waals surface area (Å²) in [5.74, 6) is -0.0152. The van der Waals surface area contributed by atoms with Crippen LogP contribution in [0, 0.1) is 27.7 Å². The Bertz CT molecular complexity index is 1170. The van der Waals surface area contributed by atoms with Gasteiger partial charge in [0.1, 0.15) is 0 Å². The first kappa shape index (κ1) is 25.0. The van der Waals surface area contributed by atoms with Crippen molar-refractivity contribution in [1.82, 2.24) is 5.32 Å². The summed E-state index contributed by atoms with van der Waals surface area (Å²) in [5, 5.41) is 6.99. The van der Waals surface area contributed by atoms with Crippen molar-refractivity contribution in [3.8, 4) is 0 Å². The van der Waals surface area contributed by atoms with Crippen molar-refractivity contribution < 1.29 is 9.53 Å². The minimum Gasteiger partial charge on any atom is -0.381 e. The predicted octanol–water partition coefficient (Wildman–Crippen LogP) is 7.05. The summed E-state index contributed by atoms with van der Waals surface area (Å²) in [6.07, 6.45) is 3.39. The maximum absolute atomic E-state index is 13.9. The van der Waals surface area contributed by atoms with Crippen LogP contribution in [-0.2, 0) is 16.7 Å². The first-order chi connectivity index (χ1) is 16.8. The van der Waals surface area contributed by atoms with E-state index in [9.17, 15) is 4.79 Å². The molecule has 0 aliphatic carbocycles. The Balaban J connectivity index is 1.68.